The molecular weight excluding hydrogens is 366 g/mol. The summed E-state index contributed by atoms with van der Waals surface area (Å²) in [5.41, 5.74) is 1.35. The lowest BCUT2D eigenvalue weighted by Gasteiger charge is -2.36. The molecule has 154 valence electrons. The van der Waals surface area contributed by atoms with E-state index < -0.39 is 0 Å². The predicted molar refractivity (Wildman–Crippen MR) is 112 cm³/mol. The van der Waals surface area contributed by atoms with Crippen LogP contribution in [0, 0.1) is 6.92 Å². The van der Waals surface area contributed by atoms with Crippen LogP contribution in [0.2, 0.25) is 0 Å². The molecule has 2 aliphatic rings. The van der Waals surface area contributed by atoms with E-state index in [2.05, 4.69) is 36.7 Å². The third-order valence-electron chi connectivity index (χ3n) is 5.82. The van der Waals surface area contributed by atoms with Gasteiger partial charge in [0.05, 0.1) is 0 Å². The van der Waals surface area contributed by atoms with Crippen LogP contribution in [-0.2, 0) is 0 Å². The maximum absolute atomic E-state index is 13.2. The SMILES string of the molecule is CCC1CCCCN1C(=O)c1cc(C)nc(N2CCN(c3ncccn3)CC2)n1. The van der Waals surface area contributed by atoms with Crippen LogP contribution in [0.15, 0.2) is 24.5 Å². The molecule has 0 spiro atoms. The zero-order valence-corrected chi connectivity index (χ0v) is 17.3. The molecule has 0 bridgehead atoms. The normalized spacial score (nSPS) is 20.1. The van der Waals surface area contributed by atoms with Gasteiger partial charge in [-0.2, -0.15) is 0 Å². The van der Waals surface area contributed by atoms with Crippen molar-refractivity contribution >= 4 is 17.8 Å². The van der Waals surface area contributed by atoms with Crippen LogP contribution < -0.4 is 9.80 Å². The van der Waals surface area contributed by atoms with E-state index in [-0.39, 0.29) is 5.91 Å². The Kier molecular flexibility index (Phi) is 5.87. The van der Waals surface area contributed by atoms with Gasteiger partial charge in [-0.1, -0.05) is 6.92 Å². The lowest BCUT2D eigenvalue weighted by Crippen LogP contribution is -2.48. The molecule has 29 heavy (non-hydrogen) atoms. The molecule has 0 N–H and O–H groups in total. The van der Waals surface area contributed by atoms with Crippen LogP contribution in [-0.4, -0.2) is 69.5 Å². The third-order valence-corrected chi connectivity index (χ3v) is 5.82. The Hall–Kier alpha value is -2.77. The van der Waals surface area contributed by atoms with Crippen molar-refractivity contribution in [3.63, 3.8) is 0 Å². The van der Waals surface area contributed by atoms with E-state index in [0.29, 0.717) is 17.7 Å². The summed E-state index contributed by atoms with van der Waals surface area (Å²) in [7, 11) is 0. The Morgan fingerprint density at radius 3 is 2.38 bits per heavy atom. The van der Waals surface area contributed by atoms with Gasteiger partial charge in [-0.25, -0.2) is 19.9 Å². The molecule has 1 atom stereocenters. The molecular formula is C21H29N7O. The van der Waals surface area contributed by atoms with E-state index in [1.54, 1.807) is 12.4 Å². The van der Waals surface area contributed by atoms with Crippen molar-refractivity contribution in [2.24, 2.45) is 0 Å². The van der Waals surface area contributed by atoms with Crippen molar-refractivity contribution in [3.05, 3.63) is 35.9 Å². The summed E-state index contributed by atoms with van der Waals surface area (Å²) in [6, 6.07) is 3.97. The average Bonchev–Trinajstić information content (AvgIpc) is 2.79. The largest absolute Gasteiger partial charge is 0.337 e. The smallest absolute Gasteiger partial charge is 0.272 e. The molecule has 0 saturated carbocycles. The van der Waals surface area contributed by atoms with E-state index in [0.717, 1.165) is 63.6 Å². The fraction of sp³-hybridized carbons (Fsp3) is 0.571. The Balaban J connectivity index is 1.48. The van der Waals surface area contributed by atoms with Gasteiger partial charge in [0.1, 0.15) is 5.69 Å². The average molecular weight is 396 g/mol. The molecule has 2 aromatic heterocycles. The second-order valence-electron chi connectivity index (χ2n) is 7.77. The number of nitrogens with zero attached hydrogens (tertiary/aromatic N) is 7. The zero-order valence-electron chi connectivity index (χ0n) is 17.3. The summed E-state index contributed by atoms with van der Waals surface area (Å²) < 4.78 is 0. The molecule has 2 saturated heterocycles. The maximum Gasteiger partial charge on any atom is 0.272 e. The highest BCUT2D eigenvalue weighted by molar-refractivity contribution is 5.93. The summed E-state index contributed by atoms with van der Waals surface area (Å²) in [4.78, 5) is 37.5. The highest BCUT2D eigenvalue weighted by Crippen LogP contribution is 2.22. The first kappa shape index (κ1) is 19.5. The molecule has 0 aromatic carbocycles. The van der Waals surface area contributed by atoms with Crippen LogP contribution in [0.3, 0.4) is 0 Å². The van der Waals surface area contributed by atoms with Crippen molar-refractivity contribution in [1.29, 1.82) is 0 Å². The van der Waals surface area contributed by atoms with E-state index in [1.165, 1.54) is 6.42 Å². The van der Waals surface area contributed by atoms with Crippen LogP contribution >= 0.6 is 0 Å². The number of hydrogen-bond donors (Lipinski definition) is 0. The summed E-state index contributed by atoms with van der Waals surface area (Å²) in [5, 5.41) is 0. The van der Waals surface area contributed by atoms with Gasteiger partial charge in [0.15, 0.2) is 0 Å². The van der Waals surface area contributed by atoms with Gasteiger partial charge in [-0.3, -0.25) is 4.79 Å². The lowest BCUT2D eigenvalue weighted by atomic mass is 9.99. The monoisotopic (exact) mass is 395 g/mol. The molecule has 8 heteroatoms. The number of aromatic nitrogens is 4. The van der Waals surface area contributed by atoms with Crippen LogP contribution in [0.5, 0.6) is 0 Å². The minimum absolute atomic E-state index is 0.0413. The number of hydrogen-bond acceptors (Lipinski definition) is 7. The number of carbonyl (C=O) groups is 1. The molecule has 0 aliphatic carbocycles. The minimum atomic E-state index is 0.0413. The number of rotatable bonds is 4. The van der Waals surface area contributed by atoms with E-state index >= 15 is 0 Å². The Morgan fingerprint density at radius 2 is 1.69 bits per heavy atom. The van der Waals surface area contributed by atoms with Crippen molar-refractivity contribution < 1.29 is 4.79 Å². The second kappa shape index (κ2) is 8.71. The van der Waals surface area contributed by atoms with Gasteiger partial charge in [0.2, 0.25) is 11.9 Å². The molecule has 8 nitrogen and oxygen atoms in total. The summed E-state index contributed by atoms with van der Waals surface area (Å²) in [6.45, 7) is 8.06. The Bertz CT molecular complexity index is 836. The summed E-state index contributed by atoms with van der Waals surface area (Å²) in [6.07, 6.45) is 7.88. The van der Waals surface area contributed by atoms with E-state index in [1.807, 2.05) is 24.0 Å². The molecule has 1 unspecified atom stereocenters. The minimum Gasteiger partial charge on any atom is -0.337 e. The molecule has 2 fully saturated rings. The van der Waals surface area contributed by atoms with Crippen molar-refractivity contribution in [2.75, 3.05) is 42.5 Å². The Morgan fingerprint density at radius 1 is 1.00 bits per heavy atom. The topological polar surface area (TPSA) is 78.4 Å². The number of amides is 1. The standard InChI is InChI=1S/C21H29N7O/c1-3-17-7-4-5-10-28(17)19(29)18-15-16(2)24-21(25-18)27-13-11-26(12-14-27)20-22-8-6-9-23-20/h6,8-9,15,17H,3-5,7,10-14H2,1-2H3. The first-order valence-corrected chi connectivity index (χ1v) is 10.6. The highest BCUT2D eigenvalue weighted by atomic mass is 16.2. The van der Waals surface area contributed by atoms with Crippen LogP contribution in [0.1, 0.15) is 48.8 Å². The first-order valence-electron chi connectivity index (χ1n) is 10.6. The number of likely N-dealkylation sites (tertiary alicyclic amines) is 1. The predicted octanol–water partition coefficient (Wildman–Crippen LogP) is 2.31. The van der Waals surface area contributed by atoms with E-state index in [4.69, 9.17) is 0 Å². The lowest BCUT2D eigenvalue weighted by molar-refractivity contribution is 0.0601. The molecule has 4 rings (SSSR count). The van der Waals surface area contributed by atoms with Gasteiger partial charge in [0, 0.05) is 56.9 Å². The second-order valence-corrected chi connectivity index (χ2v) is 7.77. The van der Waals surface area contributed by atoms with Gasteiger partial charge in [-0.15, -0.1) is 0 Å². The highest BCUT2D eigenvalue weighted by Gasteiger charge is 2.28. The molecule has 2 aliphatic heterocycles. The summed E-state index contributed by atoms with van der Waals surface area (Å²) >= 11 is 0. The summed E-state index contributed by atoms with van der Waals surface area (Å²) in [5.74, 6) is 1.44. The quantitative estimate of drug-likeness (QED) is 0.786. The number of anilines is 2. The van der Waals surface area contributed by atoms with Gasteiger partial charge >= 0.3 is 0 Å². The molecule has 4 heterocycles. The van der Waals surface area contributed by atoms with Crippen LogP contribution in [0.25, 0.3) is 0 Å². The number of piperidine rings is 1. The van der Waals surface area contributed by atoms with Gasteiger partial charge < -0.3 is 14.7 Å². The van der Waals surface area contributed by atoms with Crippen LogP contribution in [0.4, 0.5) is 11.9 Å². The number of piperazine rings is 1. The first-order chi connectivity index (χ1) is 14.2. The van der Waals surface area contributed by atoms with E-state index in [9.17, 15) is 4.79 Å². The van der Waals surface area contributed by atoms with Gasteiger partial charge in [-0.05, 0) is 44.7 Å². The molecule has 0 radical (unpaired) electrons. The van der Waals surface area contributed by atoms with Gasteiger partial charge in [0.25, 0.3) is 5.91 Å². The number of carbonyl (C=O) groups excluding carboxylic acids is 1. The van der Waals surface area contributed by atoms with Crippen molar-refractivity contribution in [2.45, 2.75) is 45.6 Å². The number of aryl methyl sites for hydroxylation is 1. The third kappa shape index (κ3) is 4.31. The van der Waals surface area contributed by atoms with Crippen molar-refractivity contribution in [1.82, 2.24) is 24.8 Å². The molecule has 1 amide bonds. The zero-order chi connectivity index (χ0) is 20.2. The van der Waals surface area contributed by atoms with Crippen molar-refractivity contribution in [3.8, 4) is 0 Å². The fourth-order valence-electron chi connectivity index (χ4n) is 4.20. The molecule has 2 aromatic rings. The Labute approximate surface area is 172 Å². The fourth-order valence-corrected chi connectivity index (χ4v) is 4.20. The maximum atomic E-state index is 13.2.